The van der Waals surface area contributed by atoms with Crippen molar-refractivity contribution in [3.63, 3.8) is 0 Å². The van der Waals surface area contributed by atoms with E-state index in [4.69, 9.17) is 0 Å². The van der Waals surface area contributed by atoms with Crippen LogP contribution in [0.15, 0.2) is 66.3 Å². The minimum Gasteiger partial charge on any atom is -0.507 e. The number of nitrogens with zero attached hydrogens (tertiary/aromatic N) is 4. The standard InChI is InChI=1S/C20H17N5O2S2/c1-2-11-25-18(13-7-3-5-9-15(13)26)23-24-20(25)28-12-17(27)22-19-21-14-8-4-6-10-16(14)29-19/h2-10,26H,1,11-12H2,(H,21,22,27). The molecular weight excluding hydrogens is 406 g/mol. The number of phenolic OH excluding ortho intramolecular Hbond substituents is 1. The minimum absolute atomic E-state index is 0.121. The van der Waals surface area contributed by atoms with E-state index in [-0.39, 0.29) is 17.4 Å². The Balaban J connectivity index is 1.48. The number of amides is 1. The van der Waals surface area contributed by atoms with E-state index in [9.17, 15) is 9.90 Å². The van der Waals surface area contributed by atoms with Gasteiger partial charge in [0, 0.05) is 6.54 Å². The van der Waals surface area contributed by atoms with Crippen LogP contribution in [-0.2, 0) is 11.3 Å². The maximum Gasteiger partial charge on any atom is 0.236 e. The Hall–Kier alpha value is -3.17. The second kappa shape index (κ2) is 8.46. The number of carbonyl (C=O) groups excluding carboxylic acids is 1. The summed E-state index contributed by atoms with van der Waals surface area (Å²) in [6.45, 7) is 4.23. The second-order valence-electron chi connectivity index (χ2n) is 6.05. The van der Waals surface area contributed by atoms with Crippen molar-refractivity contribution in [1.82, 2.24) is 19.7 Å². The molecule has 2 aromatic heterocycles. The molecule has 0 fully saturated rings. The number of aromatic hydroxyl groups is 1. The molecule has 7 nitrogen and oxygen atoms in total. The van der Waals surface area contributed by atoms with Crippen LogP contribution in [0.25, 0.3) is 21.6 Å². The lowest BCUT2D eigenvalue weighted by molar-refractivity contribution is -0.113. The van der Waals surface area contributed by atoms with Gasteiger partial charge in [0.1, 0.15) is 5.75 Å². The zero-order valence-corrected chi connectivity index (χ0v) is 16.9. The van der Waals surface area contributed by atoms with Gasteiger partial charge in [-0.05, 0) is 24.3 Å². The molecule has 0 spiro atoms. The number of thioether (sulfide) groups is 1. The normalized spacial score (nSPS) is 10.9. The summed E-state index contributed by atoms with van der Waals surface area (Å²) in [7, 11) is 0. The maximum atomic E-state index is 12.4. The molecule has 29 heavy (non-hydrogen) atoms. The van der Waals surface area contributed by atoms with Gasteiger partial charge in [0.05, 0.1) is 21.5 Å². The summed E-state index contributed by atoms with van der Waals surface area (Å²) >= 11 is 2.70. The number of aromatic nitrogens is 4. The van der Waals surface area contributed by atoms with Crippen molar-refractivity contribution >= 4 is 44.4 Å². The minimum atomic E-state index is -0.175. The van der Waals surface area contributed by atoms with Gasteiger partial charge < -0.3 is 10.4 Å². The monoisotopic (exact) mass is 423 g/mol. The van der Waals surface area contributed by atoms with E-state index in [1.807, 2.05) is 34.9 Å². The predicted molar refractivity (Wildman–Crippen MR) is 116 cm³/mol. The smallest absolute Gasteiger partial charge is 0.236 e. The summed E-state index contributed by atoms with van der Waals surface area (Å²) in [4.78, 5) is 16.8. The van der Waals surface area contributed by atoms with Crippen molar-refractivity contribution in [1.29, 1.82) is 0 Å². The first-order valence-electron chi connectivity index (χ1n) is 8.76. The summed E-state index contributed by atoms with van der Waals surface area (Å²) in [6, 6.07) is 14.7. The Morgan fingerprint density at radius 1 is 1.21 bits per heavy atom. The molecule has 0 radical (unpaired) electrons. The van der Waals surface area contributed by atoms with E-state index >= 15 is 0 Å². The largest absolute Gasteiger partial charge is 0.507 e. The summed E-state index contributed by atoms with van der Waals surface area (Å²) in [5, 5.41) is 22.5. The topological polar surface area (TPSA) is 92.9 Å². The number of hydrogen-bond donors (Lipinski definition) is 2. The van der Waals surface area contributed by atoms with Crippen molar-refractivity contribution < 1.29 is 9.90 Å². The number of hydrogen-bond acceptors (Lipinski definition) is 7. The lowest BCUT2D eigenvalue weighted by Gasteiger charge is -2.08. The van der Waals surface area contributed by atoms with Crippen LogP contribution in [0.4, 0.5) is 5.13 Å². The van der Waals surface area contributed by atoms with E-state index < -0.39 is 0 Å². The molecule has 9 heteroatoms. The number of phenols is 1. The zero-order chi connectivity index (χ0) is 20.2. The SMILES string of the molecule is C=CCn1c(SCC(=O)Nc2nc3ccccc3s2)nnc1-c1ccccc1O. The number of rotatable bonds is 7. The number of nitrogens with one attached hydrogen (secondary N) is 1. The van der Waals surface area contributed by atoms with E-state index in [0.29, 0.717) is 28.2 Å². The van der Waals surface area contributed by atoms with Crippen LogP contribution in [0.1, 0.15) is 0 Å². The molecule has 0 atom stereocenters. The van der Waals surface area contributed by atoms with Crippen LogP contribution in [0, 0.1) is 0 Å². The molecule has 2 aromatic carbocycles. The number of thiazole rings is 1. The molecule has 0 bridgehead atoms. The molecule has 2 N–H and O–H groups in total. The Kier molecular flexibility index (Phi) is 5.59. The number of para-hydroxylation sites is 2. The summed E-state index contributed by atoms with van der Waals surface area (Å²) < 4.78 is 2.84. The van der Waals surface area contributed by atoms with Gasteiger partial charge in [-0.2, -0.15) is 0 Å². The van der Waals surface area contributed by atoms with Crippen LogP contribution < -0.4 is 5.32 Å². The number of fused-ring (bicyclic) bond motifs is 1. The Labute approximate surface area is 175 Å². The van der Waals surface area contributed by atoms with E-state index in [1.165, 1.54) is 23.1 Å². The lowest BCUT2D eigenvalue weighted by Crippen LogP contribution is -2.14. The van der Waals surface area contributed by atoms with Crippen LogP contribution in [0.2, 0.25) is 0 Å². The van der Waals surface area contributed by atoms with Gasteiger partial charge in [0.2, 0.25) is 5.91 Å². The maximum absolute atomic E-state index is 12.4. The molecule has 0 aliphatic carbocycles. The van der Waals surface area contributed by atoms with Crippen molar-refractivity contribution in [3.8, 4) is 17.1 Å². The quantitative estimate of drug-likeness (QED) is 0.342. The fourth-order valence-corrected chi connectivity index (χ4v) is 4.39. The van der Waals surface area contributed by atoms with Crippen LogP contribution in [0.5, 0.6) is 5.75 Å². The first kappa shape index (κ1) is 19.2. The van der Waals surface area contributed by atoms with Gasteiger partial charge in [-0.3, -0.25) is 9.36 Å². The number of allylic oxidation sites excluding steroid dienone is 1. The molecule has 0 saturated carbocycles. The van der Waals surface area contributed by atoms with Gasteiger partial charge in [0.25, 0.3) is 0 Å². The van der Waals surface area contributed by atoms with Crippen LogP contribution >= 0.6 is 23.1 Å². The summed E-state index contributed by atoms with van der Waals surface area (Å²) in [5.41, 5.74) is 1.44. The summed E-state index contributed by atoms with van der Waals surface area (Å²) in [6.07, 6.45) is 1.72. The molecule has 0 unspecified atom stereocenters. The number of anilines is 1. The van der Waals surface area contributed by atoms with Crippen molar-refractivity contribution in [2.75, 3.05) is 11.1 Å². The molecule has 0 aliphatic rings. The van der Waals surface area contributed by atoms with Gasteiger partial charge in [-0.15, -0.1) is 16.8 Å². The van der Waals surface area contributed by atoms with Crippen molar-refractivity contribution in [2.45, 2.75) is 11.7 Å². The highest BCUT2D eigenvalue weighted by atomic mass is 32.2. The molecule has 4 aromatic rings. The first-order valence-corrected chi connectivity index (χ1v) is 10.6. The lowest BCUT2D eigenvalue weighted by atomic mass is 10.2. The van der Waals surface area contributed by atoms with E-state index in [1.54, 1.807) is 24.3 Å². The van der Waals surface area contributed by atoms with Gasteiger partial charge in [-0.25, -0.2) is 4.98 Å². The molecule has 146 valence electrons. The Morgan fingerprint density at radius 3 is 2.79 bits per heavy atom. The number of benzene rings is 2. The molecule has 0 saturated heterocycles. The van der Waals surface area contributed by atoms with Gasteiger partial charge >= 0.3 is 0 Å². The molecule has 4 rings (SSSR count). The highest BCUT2D eigenvalue weighted by Crippen LogP contribution is 2.30. The zero-order valence-electron chi connectivity index (χ0n) is 15.3. The highest BCUT2D eigenvalue weighted by Gasteiger charge is 2.17. The van der Waals surface area contributed by atoms with E-state index in [2.05, 4.69) is 27.1 Å². The van der Waals surface area contributed by atoms with Crippen molar-refractivity contribution in [3.05, 3.63) is 61.2 Å². The molecule has 2 heterocycles. The molecule has 0 aliphatic heterocycles. The molecule has 1 amide bonds. The van der Waals surface area contributed by atoms with Crippen LogP contribution in [-0.4, -0.2) is 36.5 Å². The summed E-state index contributed by atoms with van der Waals surface area (Å²) in [5.74, 6) is 0.630. The molecular formula is C20H17N5O2S2. The van der Waals surface area contributed by atoms with Crippen molar-refractivity contribution in [2.24, 2.45) is 0 Å². The predicted octanol–water partition coefficient (Wildman–Crippen LogP) is 4.18. The fraction of sp³-hybridized carbons (Fsp3) is 0.100. The number of carbonyl (C=O) groups is 1. The van der Waals surface area contributed by atoms with Gasteiger partial charge in [-0.1, -0.05) is 53.4 Å². The first-order chi connectivity index (χ1) is 14.2. The average molecular weight is 424 g/mol. The third-order valence-corrected chi connectivity index (χ3v) is 5.96. The Morgan fingerprint density at radius 2 is 2.00 bits per heavy atom. The Bertz CT molecular complexity index is 1150. The second-order valence-corrected chi connectivity index (χ2v) is 8.02. The van der Waals surface area contributed by atoms with Gasteiger partial charge in [0.15, 0.2) is 16.1 Å². The fourth-order valence-electron chi connectivity index (χ4n) is 2.76. The van der Waals surface area contributed by atoms with Crippen LogP contribution in [0.3, 0.4) is 0 Å². The average Bonchev–Trinajstić information content (AvgIpc) is 3.30. The third-order valence-electron chi connectivity index (χ3n) is 4.05. The third kappa shape index (κ3) is 4.15. The highest BCUT2D eigenvalue weighted by molar-refractivity contribution is 7.99. The van der Waals surface area contributed by atoms with E-state index in [0.717, 1.165) is 10.2 Å².